The van der Waals surface area contributed by atoms with E-state index in [0.717, 1.165) is 23.4 Å². The molecule has 3 rings (SSSR count). The van der Waals surface area contributed by atoms with Gasteiger partial charge in [-0.05, 0) is 35.1 Å². The third-order valence-electron chi connectivity index (χ3n) is 4.16. The number of fused-ring (bicyclic) bond motifs is 1. The van der Waals surface area contributed by atoms with Crippen molar-refractivity contribution < 1.29 is 4.42 Å². The summed E-state index contributed by atoms with van der Waals surface area (Å²) in [4.78, 5) is 4.54. The van der Waals surface area contributed by atoms with E-state index < -0.39 is 0 Å². The van der Waals surface area contributed by atoms with Crippen molar-refractivity contribution in [3.8, 4) is 0 Å². The summed E-state index contributed by atoms with van der Waals surface area (Å²) in [5.74, 6) is 1.13. The molecule has 0 N–H and O–H groups in total. The highest BCUT2D eigenvalue weighted by atomic mass is 16.3. The summed E-state index contributed by atoms with van der Waals surface area (Å²) < 4.78 is 5.88. The molecule has 0 radical (unpaired) electrons. The maximum atomic E-state index is 5.88. The summed E-state index contributed by atoms with van der Waals surface area (Å²) in [5, 5.41) is 0. The van der Waals surface area contributed by atoms with Gasteiger partial charge in [-0.1, -0.05) is 64.1 Å². The monoisotopic (exact) mass is 293 g/mol. The summed E-state index contributed by atoms with van der Waals surface area (Å²) >= 11 is 0. The first-order chi connectivity index (χ1) is 10.5. The summed E-state index contributed by atoms with van der Waals surface area (Å²) in [7, 11) is 0. The molecule has 2 heteroatoms. The van der Waals surface area contributed by atoms with E-state index in [1.54, 1.807) is 0 Å². The van der Waals surface area contributed by atoms with Crippen molar-refractivity contribution in [2.75, 3.05) is 0 Å². The second kappa shape index (κ2) is 5.60. The zero-order chi connectivity index (χ0) is 15.7. The fourth-order valence-corrected chi connectivity index (χ4v) is 2.85. The highest BCUT2D eigenvalue weighted by molar-refractivity contribution is 5.73. The van der Waals surface area contributed by atoms with Crippen LogP contribution in [0.1, 0.15) is 50.6 Å². The van der Waals surface area contributed by atoms with Crippen molar-refractivity contribution in [1.29, 1.82) is 0 Å². The van der Waals surface area contributed by atoms with Crippen LogP contribution in [0, 0.1) is 0 Å². The summed E-state index contributed by atoms with van der Waals surface area (Å²) in [6.45, 7) is 8.77. The molecule has 2 aromatic carbocycles. The van der Waals surface area contributed by atoms with Crippen LogP contribution in [0.4, 0.5) is 0 Å². The fourth-order valence-electron chi connectivity index (χ4n) is 2.85. The third kappa shape index (κ3) is 2.92. The molecule has 0 aliphatic heterocycles. The van der Waals surface area contributed by atoms with Crippen molar-refractivity contribution in [1.82, 2.24) is 4.98 Å². The van der Waals surface area contributed by atoms with E-state index in [-0.39, 0.29) is 5.41 Å². The van der Waals surface area contributed by atoms with E-state index in [1.165, 1.54) is 11.1 Å². The molecule has 0 unspecified atom stereocenters. The van der Waals surface area contributed by atoms with Gasteiger partial charge >= 0.3 is 0 Å². The normalized spacial score (nSPS) is 12.2. The van der Waals surface area contributed by atoms with E-state index in [1.807, 2.05) is 0 Å². The van der Waals surface area contributed by atoms with Crippen molar-refractivity contribution in [2.45, 2.75) is 45.4 Å². The maximum Gasteiger partial charge on any atom is 0.198 e. The van der Waals surface area contributed by atoms with E-state index in [2.05, 4.69) is 81.2 Å². The minimum atomic E-state index is 0.0931. The van der Waals surface area contributed by atoms with E-state index in [9.17, 15) is 0 Å². The largest absolute Gasteiger partial charge is 0.440 e. The van der Waals surface area contributed by atoms with E-state index >= 15 is 0 Å². The predicted molar refractivity (Wildman–Crippen MR) is 91.3 cm³/mol. The SMILES string of the molecule is CC(C)c1nc2ccc(CC(C)(C)c3ccccc3)cc2o1. The molecule has 1 heterocycles. The average molecular weight is 293 g/mol. The molecule has 0 bridgehead atoms. The number of oxazole rings is 1. The molecule has 22 heavy (non-hydrogen) atoms. The molecular weight excluding hydrogens is 270 g/mol. The highest BCUT2D eigenvalue weighted by Crippen LogP contribution is 2.29. The topological polar surface area (TPSA) is 26.0 Å². The van der Waals surface area contributed by atoms with Gasteiger partial charge in [0.25, 0.3) is 0 Å². The lowest BCUT2D eigenvalue weighted by atomic mass is 9.79. The first-order valence-electron chi connectivity index (χ1n) is 7.90. The zero-order valence-electron chi connectivity index (χ0n) is 13.8. The number of hydrogen-bond acceptors (Lipinski definition) is 2. The molecule has 0 saturated heterocycles. The minimum Gasteiger partial charge on any atom is -0.440 e. The third-order valence-corrected chi connectivity index (χ3v) is 4.16. The van der Waals surface area contributed by atoms with Crippen LogP contribution in [0.2, 0.25) is 0 Å². The Kier molecular flexibility index (Phi) is 3.78. The predicted octanol–water partition coefficient (Wildman–Crippen LogP) is 5.47. The number of benzene rings is 2. The molecule has 0 aliphatic carbocycles. The molecule has 0 spiro atoms. The standard InChI is InChI=1S/C20H23NO/c1-14(2)19-21-17-11-10-15(12-18(17)22-19)13-20(3,4)16-8-6-5-7-9-16/h5-12,14H,13H2,1-4H3. The van der Waals surface area contributed by atoms with E-state index in [0.29, 0.717) is 5.92 Å². The quantitative estimate of drug-likeness (QED) is 0.637. The Bertz CT molecular complexity index is 769. The molecule has 0 fully saturated rings. The zero-order valence-corrected chi connectivity index (χ0v) is 13.8. The second-order valence-electron chi connectivity index (χ2n) is 6.94. The van der Waals surface area contributed by atoms with Crippen molar-refractivity contribution in [3.63, 3.8) is 0 Å². The molecule has 3 aromatic rings. The molecule has 0 atom stereocenters. The lowest BCUT2D eigenvalue weighted by Crippen LogP contribution is -2.20. The summed E-state index contributed by atoms with van der Waals surface area (Å²) in [6.07, 6.45) is 0.977. The molecule has 0 aliphatic rings. The summed E-state index contributed by atoms with van der Waals surface area (Å²) in [6, 6.07) is 17.0. The van der Waals surface area contributed by atoms with Gasteiger partial charge in [0, 0.05) is 5.92 Å². The lowest BCUT2D eigenvalue weighted by molar-refractivity contribution is 0.499. The van der Waals surface area contributed by atoms with Crippen LogP contribution >= 0.6 is 0 Å². The van der Waals surface area contributed by atoms with Crippen LogP contribution in [0.5, 0.6) is 0 Å². The Labute approximate surface area is 132 Å². The number of hydrogen-bond donors (Lipinski definition) is 0. The number of rotatable bonds is 4. The fraction of sp³-hybridized carbons (Fsp3) is 0.350. The van der Waals surface area contributed by atoms with Gasteiger partial charge < -0.3 is 4.42 Å². The van der Waals surface area contributed by atoms with Crippen molar-refractivity contribution in [3.05, 3.63) is 65.5 Å². The molecule has 2 nitrogen and oxygen atoms in total. The maximum absolute atomic E-state index is 5.88. The molecule has 1 aromatic heterocycles. The van der Waals surface area contributed by atoms with Gasteiger partial charge in [-0.25, -0.2) is 4.98 Å². The highest BCUT2D eigenvalue weighted by Gasteiger charge is 2.21. The Morgan fingerprint density at radius 2 is 1.77 bits per heavy atom. The van der Waals surface area contributed by atoms with Crippen LogP contribution < -0.4 is 0 Å². The average Bonchev–Trinajstić information content (AvgIpc) is 2.91. The number of aromatic nitrogens is 1. The van der Waals surface area contributed by atoms with Gasteiger partial charge in [0.05, 0.1) is 0 Å². The van der Waals surface area contributed by atoms with Gasteiger partial charge in [-0.3, -0.25) is 0 Å². The van der Waals surface area contributed by atoms with Crippen LogP contribution in [-0.4, -0.2) is 4.98 Å². The van der Waals surface area contributed by atoms with Crippen molar-refractivity contribution in [2.24, 2.45) is 0 Å². The molecule has 0 saturated carbocycles. The Balaban J connectivity index is 1.90. The first-order valence-corrected chi connectivity index (χ1v) is 7.90. The van der Waals surface area contributed by atoms with Crippen LogP contribution in [0.3, 0.4) is 0 Å². The Morgan fingerprint density at radius 1 is 1.05 bits per heavy atom. The van der Waals surface area contributed by atoms with Gasteiger partial charge in [-0.15, -0.1) is 0 Å². The lowest BCUT2D eigenvalue weighted by Gasteiger charge is -2.25. The van der Waals surface area contributed by atoms with Gasteiger partial charge in [0.15, 0.2) is 11.5 Å². The Hall–Kier alpha value is -2.09. The molecular formula is C20H23NO. The smallest absolute Gasteiger partial charge is 0.198 e. The number of nitrogens with zero attached hydrogens (tertiary/aromatic N) is 1. The van der Waals surface area contributed by atoms with Crippen LogP contribution in [0.15, 0.2) is 52.9 Å². The van der Waals surface area contributed by atoms with Gasteiger partial charge in [0.2, 0.25) is 0 Å². The van der Waals surface area contributed by atoms with E-state index in [4.69, 9.17) is 4.42 Å². The molecule has 114 valence electrons. The summed E-state index contributed by atoms with van der Waals surface area (Å²) in [5.41, 5.74) is 4.58. The second-order valence-corrected chi connectivity index (χ2v) is 6.94. The van der Waals surface area contributed by atoms with Crippen molar-refractivity contribution >= 4 is 11.1 Å². The van der Waals surface area contributed by atoms with Crippen LogP contribution in [0.25, 0.3) is 11.1 Å². The van der Waals surface area contributed by atoms with Gasteiger partial charge in [-0.2, -0.15) is 0 Å². The minimum absolute atomic E-state index is 0.0931. The van der Waals surface area contributed by atoms with Crippen LogP contribution in [-0.2, 0) is 11.8 Å². The Morgan fingerprint density at radius 3 is 2.45 bits per heavy atom. The first kappa shape index (κ1) is 14.8. The van der Waals surface area contributed by atoms with Gasteiger partial charge in [0.1, 0.15) is 5.52 Å². The molecule has 0 amide bonds.